The van der Waals surface area contributed by atoms with Crippen molar-refractivity contribution >= 4 is 12.2 Å². The zero-order chi connectivity index (χ0) is 17.1. The van der Waals surface area contributed by atoms with Crippen molar-refractivity contribution in [2.24, 2.45) is 5.92 Å². The molecule has 1 aromatic carbocycles. The average molecular weight is 331 g/mol. The van der Waals surface area contributed by atoms with Crippen molar-refractivity contribution in [1.82, 2.24) is 4.90 Å². The number of carbonyl (C=O) groups is 2. The molecule has 3 rings (SSSR count). The van der Waals surface area contributed by atoms with Crippen LogP contribution in [0.2, 0.25) is 0 Å². The van der Waals surface area contributed by atoms with Gasteiger partial charge in [-0.15, -0.1) is 0 Å². The Morgan fingerprint density at radius 1 is 1.17 bits per heavy atom. The normalized spacial score (nSPS) is 24.1. The number of hydrogen-bond donors (Lipinski definition) is 2. The summed E-state index contributed by atoms with van der Waals surface area (Å²) in [6.07, 6.45) is 3.27. The van der Waals surface area contributed by atoms with Crippen molar-refractivity contribution in [2.75, 3.05) is 6.54 Å². The molecule has 2 aliphatic rings. The van der Waals surface area contributed by atoms with Crippen molar-refractivity contribution in [1.29, 1.82) is 0 Å². The zero-order valence-corrected chi connectivity index (χ0v) is 13.8. The molecule has 0 bridgehead atoms. The largest absolute Gasteiger partial charge is 0.382 e. The number of nitrogens with zero attached hydrogens (tertiary/aromatic N) is 1. The Labute approximate surface area is 142 Å². The minimum atomic E-state index is -1.68. The summed E-state index contributed by atoms with van der Waals surface area (Å²) < 4.78 is 0. The molecule has 3 unspecified atom stereocenters. The highest BCUT2D eigenvalue weighted by atomic mass is 16.3. The van der Waals surface area contributed by atoms with Gasteiger partial charge in [0.05, 0.1) is 6.04 Å². The first-order chi connectivity index (χ1) is 11.6. The van der Waals surface area contributed by atoms with Crippen LogP contribution in [0.4, 0.5) is 0 Å². The molecule has 0 spiro atoms. The van der Waals surface area contributed by atoms with Crippen molar-refractivity contribution < 1.29 is 19.8 Å². The molecule has 2 N–H and O–H groups in total. The lowest BCUT2D eigenvalue weighted by Crippen LogP contribution is -2.51. The molecule has 1 heterocycles. The standard InChI is InChI=1S/C19H25NO4/c21-12-16(22)18(23)19(24)20-11-10-13-6-4-5-9-15(13)17(20)14-7-2-1-3-8-14/h4-6,9,12,14,16-18,22-23H,1-3,7-8,10-11H2. The maximum absolute atomic E-state index is 12.7. The van der Waals surface area contributed by atoms with Crippen molar-refractivity contribution in [3.8, 4) is 0 Å². The number of benzene rings is 1. The first-order valence-electron chi connectivity index (χ1n) is 8.83. The number of amides is 1. The number of hydrogen-bond acceptors (Lipinski definition) is 4. The summed E-state index contributed by atoms with van der Waals surface area (Å²) in [5.74, 6) is -0.176. The van der Waals surface area contributed by atoms with Crippen molar-refractivity contribution in [3.05, 3.63) is 35.4 Å². The monoisotopic (exact) mass is 331 g/mol. The molecule has 0 radical (unpaired) electrons. The second-order valence-electron chi connectivity index (χ2n) is 6.89. The fraction of sp³-hybridized carbons (Fsp3) is 0.579. The van der Waals surface area contributed by atoms with Crippen LogP contribution in [-0.4, -0.2) is 46.1 Å². The van der Waals surface area contributed by atoms with Gasteiger partial charge in [0.25, 0.3) is 5.91 Å². The van der Waals surface area contributed by atoms with E-state index in [1.807, 2.05) is 12.1 Å². The summed E-state index contributed by atoms with van der Waals surface area (Å²) in [5.41, 5.74) is 2.40. The molecule has 1 fully saturated rings. The van der Waals surface area contributed by atoms with Gasteiger partial charge < -0.3 is 19.9 Å². The Hall–Kier alpha value is -1.72. The molecule has 1 aliphatic heterocycles. The summed E-state index contributed by atoms with van der Waals surface area (Å²) in [7, 11) is 0. The Kier molecular flexibility index (Phi) is 5.31. The van der Waals surface area contributed by atoms with Gasteiger partial charge in [0.2, 0.25) is 0 Å². The molecular formula is C19H25NO4. The van der Waals surface area contributed by atoms with Gasteiger partial charge in [-0.05, 0) is 36.3 Å². The highest BCUT2D eigenvalue weighted by Gasteiger charge is 2.39. The lowest BCUT2D eigenvalue weighted by molar-refractivity contribution is -0.153. The molecule has 5 nitrogen and oxygen atoms in total. The second kappa shape index (κ2) is 7.45. The fourth-order valence-corrected chi connectivity index (χ4v) is 4.19. The van der Waals surface area contributed by atoms with Gasteiger partial charge in [-0.25, -0.2) is 0 Å². The van der Waals surface area contributed by atoms with Gasteiger partial charge in [0.1, 0.15) is 6.10 Å². The summed E-state index contributed by atoms with van der Waals surface area (Å²) in [5, 5.41) is 19.6. The van der Waals surface area contributed by atoms with Crippen molar-refractivity contribution in [2.45, 2.75) is 56.8 Å². The van der Waals surface area contributed by atoms with Crippen LogP contribution in [0.15, 0.2) is 24.3 Å². The molecule has 0 aromatic heterocycles. The molecule has 1 amide bonds. The Bertz CT molecular complexity index is 597. The number of aliphatic hydroxyl groups is 2. The smallest absolute Gasteiger partial charge is 0.255 e. The van der Waals surface area contributed by atoms with E-state index in [0.717, 1.165) is 37.7 Å². The van der Waals surface area contributed by atoms with Crippen LogP contribution in [-0.2, 0) is 16.0 Å². The topological polar surface area (TPSA) is 77.8 Å². The summed E-state index contributed by atoms with van der Waals surface area (Å²) in [6, 6.07) is 8.09. The first-order valence-corrected chi connectivity index (χ1v) is 8.83. The van der Waals surface area contributed by atoms with E-state index in [1.165, 1.54) is 12.0 Å². The highest BCUT2D eigenvalue weighted by molar-refractivity contribution is 5.85. The molecule has 24 heavy (non-hydrogen) atoms. The number of rotatable bonds is 4. The van der Waals surface area contributed by atoms with E-state index in [0.29, 0.717) is 12.5 Å². The molecule has 3 atom stereocenters. The minimum absolute atomic E-state index is 0.0729. The summed E-state index contributed by atoms with van der Waals surface area (Å²) in [6.45, 7) is 0.514. The lowest BCUT2D eigenvalue weighted by Gasteiger charge is -2.43. The van der Waals surface area contributed by atoms with Crippen LogP contribution in [0.3, 0.4) is 0 Å². The van der Waals surface area contributed by atoms with E-state index in [-0.39, 0.29) is 12.3 Å². The van der Waals surface area contributed by atoms with Crippen LogP contribution in [0.5, 0.6) is 0 Å². The van der Waals surface area contributed by atoms with E-state index in [9.17, 15) is 19.8 Å². The van der Waals surface area contributed by atoms with Crippen LogP contribution in [0.1, 0.15) is 49.3 Å². The molecule has 0 saturated heterocycles. The van der Waals surface area contributed by atoms with E-state index < -0.39 is 18.1 Å². The fourth-order valence-electron chi connectivity index (χ4n) is 4.19. The zero-order valence-electron chi connectivity index (χ0n) is 13.8. The molecule has 1 saturated carbocycles. The van der Waals surface area contributed by atoms with Gasteiger partial charge in [-0.3, -0.25) is 4.79 Å². The third-order valence-corrected chi connectivity index (χ3v) is 5.43. The van der Waals surface area contributed by atoms with Gasteiger partial charge in [-0.2, -0.15) is 0 Å². The van der Waals surface area contributed by atoms with Gasteiger partial charge in [0, 0.05) is 6.54 Å². The van der Waals surface area contributed by atoms with E-state index in [4.69, 9.17) is 0 Å². The molecule has 1 aromatic rings. The Morgan fingerprint density at radius 3 is 2.58 bits per heavy atom. The average Bonchev–Trinajstić information content (AvgIpc) is 2.65. The predicted octanol–water partition coefficient (Wildman–Crippen LogP) is 1.61. The second-order valence-corrected chi connectivity index (χ2v) is 6.89. The predicted molar refractivity (Wildman–Crippen MR) is 89.3 cm³/mol. The number of aliphatic hydroxyl groups excluding tert-OH is 2. The van der Waals surface area contributed by atoms with Crippen LogP contribution in [0.25, 0.3) is 0 Å². The highest BCUT2D eigenvalue weighted by Crippen LogP contribution is 2.42. The quantitative estimate of drug-likeness (QED) is 0.822. The van der Waals surface area contributed by atoms with E-state index in [2.05, 4.69) is 12.1 Å². The Balaban J connectivity index is 1.92. The molecule has 130 valence electrons. The summed E-state index contributed by atoms with van der Waals surface area (Å²) in [4.78, 5) is 25.1. The maximum atomic E-state index is 12.7. The number of aldehydes is 1. The maximum Gasteiger partial charge on any atom is 0.255 e. The van der Waals surface area contributed by atoms with E-state index in [1.54, 1.807) is 4.90 Å². The molecule has 1 aliphatic carbocycles. The van der Waals surface area contributed by atoms with Crippen LogP contribution >= 0.6 is 0 Å². The Morgan fingerprint density at radius 2 is 1.88 bits per heavy atom. The minimum Gasteiger partial charge on any atom is -0.382 e. The van der Waals surface area contributed by atoms with E-state index >= 15 is 0 Å². The van der Waals surface area contributed by atoms with Gasteiger partial charge >= 0.3 is 0 Å². The molecule has 5 heteroatoms. The molecular weight excluding hydrogens is 306 g/mol. The summed E-state index contributed by atoms with van der Waals surface area (Å²) >= 11 is 0. The first kappa shape index (κ1) is 17.1. The van der Waals surface area contributed by atoms with Crippen molar-refractivity contribution in [3.63, 3.8) is 0 Å². The number of carbonyl (C=O) groups excluding carboxylic acids is 2. The number of fused-ring (bicyclic) bond motifs is 1. The third kappa shape index (κ3) is 3.23. The third-order valence-electron chi connectivity index (χ3n) is 5.43. The van der Waals surface area contributed by atoms with Crippen LogP contribution in [0, 0.1) is 5.92 Å². The lowest BCUT2D eigenvalue weighted by atomic mass is 9.77. The SMILES string of the molecule is O=CC(O)C(O)C(=O)N1CCc2ccccc2C1C1CCCCC1. The van der Waals surface area contributed by atoms with Gasteiger partial charge in [0.15, 0.2) is 12.4 Å². The van der Waals surface area contributed by atoms with Crippen LogP contribution < -0.4 is 0 Å². The van der Waals surface area contributed by atoms with Gasteiger partial charge in [-0.1, -0.05) is 43.5 Å².